The summed E-state index contributed by atoms with van der Waals surface area (Å²) in [7, 11) is 0. The minimum Gasteiger partial charge on any atom is -0.369 e. The van der Waals surface area contributed by atoms with Crippen LogP contribution in [-0.4, -0.2) is 22.6 Å². The molecule has 174 valence electrons. The summed E-state index contributed by atoms with van der Waals surface area (Å²) >= 11 is 0. The largest absolute Gasteiger partial charge is 0.369 e. The van der Waals surface area contributed by atoms with Gasteiger partial charge in [-0.05, 0) is 49.4 Å². The van der Waals surface area contributed by atoms with E-state index in [9.17, 15) is 10.1 Å². The van der Waals surface area contributed by atoms with Crippen LogP contribution >= 0.6 is 0 Å². The number of aromatic amines is 1. The number of nitriles is 1. The van der Waals surface area contributed by atoms with Crippen LogP contribution in [0.3, 0.4) is 0 Å². The summed E-state index contributed by atoms with van der Waals surface area (Å²) in [6, 6.07) is 16.6. The maximum atomic E-state index is 12.9. The highest BCUT2D eigenvalue weighted by molar-refractivity contribution is 5.90. The molecule has 1 fully saturated rings. The summed E-state index contributed by atoms with van der Waals surface area (Å²) in [5, 5.41) is 12.8. The summed E-state index contributed by atoms with van der Waals surface area (Å²) in [5.41, 5.74) is 4.78. The third-order valence-electron chi connectivity index (χ3n) is 6.73. The molecular weight excluding hydrogens is 410 g/mol. The molecule has 1 heterocycles. The van der Waals surface area contributed by atoms with Gasteiger partial charge in [0.25, 0.3) is 0 Å². The van der Waals surface area contributed by atoms with E-state index in [1.54, 1.807) is 0 Å². The fourth-order valence-corrected chi connectivity index (χ4v) is 4.93. The number of fused-ring (bicyclic) bond motifs is 1. The summed E-state index contributed by atoms with van der Waals surface area (Å²) in [4.78, 5) is 18.3. The van der Waals surface area contributed by atoms with Gasteiger partial charge >= 0.3 is 5.69 Å². The maximum absolute atomic E-state index is 12.9. The minimum atomic E-state index is -0.0319. The van der Waals surface area contributed by atoms with Crippen LogP contribution in [-0.2, 0) is 6.54 Å². The number of unbranched alkanes of at least 4 members (excludes halogenated alkanes) is 1. The second kappa shape index (κ2) is 11.1. The van der Waals surface area contributed by atoms with Gasteiger partial charge < -0.3 is 15.2 Å². The number of nitrogens with zero attached hydrogens (tertiary/aromatic N) is 3. The van der Waals surface area contributed by atoms with Crippen LogP contribution in [0.2, 0.25) is 0 Å². The van der Waals surface area contributed by atoms with Crippen LogP contribution in [0.4, 0.5) is 17.1 Å². The van der Waals surface area contributed by atoms with E-state index >= 15 is 0 Å². The Morgan fingerprint density at radius 1 is 1.15 bits per heavy atom. The van der Waals surface area contributed by atoms with E-state index in [1.165, 1.54) is 32.1 Å². The smallest absolute Gasteiger partial charge is 0.326 e. The van der Waals surface area contributed by atoms with E-state index in [2.05, 4.69) is 40.3 Å². The van der Waals surface area contributed by atoms with Crippen LogP contribution in [0.25, 0.3) is 11.0 Å². The van der Waals surface area contributed by atoms with E-state index in [1.807, 2.05) is 34.9 Å². The molecule has 33 heavy (non-hydrogen) atoms. The molecule has 6 heteroatoms. The van der Waals surface area contributed by atoms with Crippen LogP contribution < -0.4 is 15.9 Å². The van der Waals surface area contributed by atoms with E-state index < -0.39 is 0 Å². The first-order valence-electron chi connectivity index (χ1n) is 12.4. The first-order chi connectivity index (χ1) is 16.2. The lowest BCUT2D eigenvalue weighted by Gasteiger charge is -2.27. The average molecular weight is 446 g/mol. The van der Waals surface area contributed by atoms with Gasteiger partial charge in [-0.25, -0.2) is 4.79 Å². The van der Waals surface area contributed by atoms with Gasteiger partial charge in [0.2, 0.25) is 0 Å². The Balaban J connectivity index is 1.77. The zero-order valence-corrected chi connectivity index (χ0v) is 19.6. The molecule has 0 atom stereocenters. The molecule has 2 aromatic carbocycles. The first kappa shape index (κ1) is 23.0. The highest BCUT2D eigenvalue weighted by Gasteiger charge is 2.20. The Morgan fingerprint density at radius 3 is 2.67 bits per heavy atom. The number of nitrogens with one attached hydrogen (secondary N) is 2. The summed E-state index contributed by atoms with van der Waals surface area (Å²) in [6.45, 7) is 4.51. The molecule has 6 nitrogen and oxygen atoms in total. The molecule has 0 saturated heterocycles. The first-order valence-corrected chi connectivity index (χ1v) is 12.4. The van der Waals surface area contributed by atoms with Crippen molar-refractivity contribution in [3.8, 4) is 6.07 Å². The molecule has 1 aromatic heterocycles. The Labute approximate surface area is 196 Å². The minimum absolute atomic E-state index is 0.0319. The van der Waals surface area contributed by atoms with Gasteiger partial charge in [-0.1, -0.05) is 50.8 Å². The lowest BCUT2D eigenvalue weighted by atomic mass is 9.89. The van der Waals surface area contributed by atoms with Crippen molar-refractivity contribution in [2.45, 2.75) is 64.8 Å². The third kappa shape index (κ3) is 5.60. The van der Waals surface area contributed by atoms with Crippen LogP contribution in [0.15, 0.2) is 47.3 Å². The average Bonchev–Trinajstić information content (AvgIpc) is 3.14. The second-order valence-electron chi connectivity index (χ2n) is 9.17. The van der Waals surface area contributed by atoms with Gasteiger partial charge in [0.05, 0.1) is 34.9 Å². The molecule has 2 N–H and O–H groups in total. The quantitative estimate of drug-likeness (QED) is 0.391. The molecular formula is C27H35N5O. The standard InChI is InChI=1S/C27H35N5O/c1-2-3-16-31(17-10-15-28)25-19-26-24(18-23(25)29-22-13-8-5-9-14-22)30-27(33)32(26)20-21-11-6-4-7-12-21/h5,8-9,13-14,18-19,21,29H,2-4,6-7,10-12,16-17,20H2,1H3,(H,30,33). The third-order valence-corrected chi connectivity index (χ3v) is 6.73. The van der Waals surface area contributed by atoms with Crippen LogP contribution in [0, 0.1) is 17.2 Å². The van der Waals surface area contributed by atoms with Gasteiger partial charge in [-0.15, -0.1) is 0 Å². The summed E-state index contributed by atoms with van der Waals surface area (Å²) in [6.07, 6.45) is 8.83. The van der Waals surface area contributed by atoms with Crippen molar-refractivity contribution in [1.29, 1.82) is 5.26 Å². The lowest BCUT2D eigenvalue weighted by molar-refractivity contribution is 0.319. The van der Waals surface area contributed by atoms with Gasteiger partial charge in [-0.3, -0.25) is 4.57 Å². The zero-order chi connectivity index (χ0) is 23.0. The van der Waals surface area contributed by atoms with Crippen molar-refractivity contribution in [2.24, 2.45) is 5.92 Å². The molecule has 0 spiro atoms. The van der Waals surface area contributed by atoms with Crippen molar-refractivity contribution in [3.05, 3.63) is 52.9 Å². The molecule has 0 aliphatic heterocycles. The van der Waals surface area contributed by atoms with Crippen LogP contribution in [0.5, 0.6) is 0 Å². The fourth-order valence-electron chi connectivity index (χ4n) is 4.93. The number of aromatic nitrogens is 2. The number of para-hydroxylation sites is 1. The molecule has 0 radical (unpaired) electrons. The molecule has 1 aliphatic carbocycles. The normalized spacial score (nSPS) is 14.3. The van der Waals surface area contributed by atoms with Gasteiger partial charge in [0.15, 0.2) is 0 Å². The van der Waals surface area contributed by atoms with Crippen molar-refractivity contribution >= 4 is 28.1 Å². The Morgan fingerprint density at radius 2 is 1.94 bits per heavy atom. The lowest BCUT2D eigenvalue weighted by Crippen LogP contribution is -2.26. The topological polar surface area (TPSA) is 76.8 Å². The van der Waals surface area contributed by atoms with Crippen LogP contribution in [0.1, 0.15) is 58.3 Å². The fraction of sp³-hybridized carbons (Fsp3) is 0.481. The Bertz CT molecular complexity index is 1140. The highest BCUT2D eigenvalue weighted by Crippen LogP contribution is 2.34. The number of imidazole rings is 1. The molecule has 0 amide bonds. The zero-order valence-electron chi connectivity index (χ0n) is 19.6. The number of anilines is 3. The second-order valence-corrected chi connectivity index (χ2v) is 9.17. The predicted molar refractivity (Wildman–Crippen MR) is 136 cm³/mol. The predicted octanol–water partition coefficient (Wildman–Crippen LogP) is 6.17. The van der Waals surface area contributed by atoms with E-state index in [-0.39, 0.29) is 5.69 Å². The number of H-pyrrole nitrogens is 1. The van der Waals surface area contributed by atoms with Crippen molar-refractivity contribution < 1.29 is 0 Å². The van der Waals surface area contributed by atoms with E-state index in [0.29, 0.717) is 18.9 Å². The SMILES string of the molecule is CCCCN(CCC#N)c1cc2c(cc1Nc1ccccc1)[nH]c(=O)n2CC1CCCCC1. The monoisotopic (exact) mass is 445 g/mol. The summed E-state index contributed by atoms with van der Waals surface area (Å²) < 4.78 is 1.93. The van der Waals surface area contributed by atoms with Crippen molar-refractivity contribution in [3.63, 3.8) is 0 Å². The molecule has 4 rings (SSSR count). The molecule has 1 saturated carbocycles. The molecule has 3 aromatic rings. The number of benzene rings is 2. The number of hydrogen-bond donors (Lipinski definition) is 2. The molecule has 1 aliphatic rings. The summed E-state index contributed by atoms with van der Waals surface area (Å²) in [5.74, 6) is 0.566. The maximum Gasteiger partial charge on any atom is 0.326 e. The van der Waals surface area contributed by atoms with E-state index in [4.69, 9.17) is 0 Å². The number of rotatable bonds is 10. The molecule has 0 bridgehead atoms. The van der Waals surface area contributed by atoms with Gasteiger partial charge in [-0.2, -0.15) is 5.26 Å². The Hall–Kier alpha value is -3.20. The molecule has 0 unspecified atom stereocenters. The Kier molecular flexibility index (Phi) is 7.72. The van der Waals surface area contributed by atoms with Crippen molar-refractivity contribution in [2.75, 3.05) is 23.3 Å². The van der Waals surface area contributed by atoms with E-state index in [0.717, 1.165) is 54.0 Å². The van der Waals surface area contributed by atoms with Gasteiger partial charge in [0.1, 0.15) is 0 Å². The highest BCUT2D eigenvalue weighted by atomic mass is 16.1. The van der Waals surface area contributed by atoms with Gasteiger partial charge in [0, 0.05) is 25.3 Å². The van der Waals surface area contributed by atoms with Crippen molar-refractivity contribution in [1.82, 2.24) is 9.55 Å². The number of hydrogen-bond acceptors (Lipinski definition) is 4.